The summed E-state index contributed by atoms with van der Waals surface area (Å²) in [6.07, 6.45) is 5.58. The quantitative estimate of drug-likeness (QED) is 0.843. The minimum atomic E-state index is 0.661. The molecule has 1 N–H and O–H groups in total. The second kappa shape index (κ2) is 6.06. The summed E-state index contributed by atoms with van der Waals surface area (Å²) in [4.78, 5) is 0. The molecule has 0 amide bonds. The Hall–Kier alpha value is -1.02. The standard InChI is InChI=1S/C15H23NO/c1-16-11-15(12-5-3-4-6-12)13-7-9-14(17-2)10-8-13/h7-10,12,15-16H,3-6,11H2,1-2H3. The number of hydrogen-bond donors (Lipinski definition) is 1. The van der Waals surface area contributed by atoms with Crippen LogP contribution in [0.4, 0.5) is 0 Å². The number of rotatable bonds is 5. The zero-order valence-corrected chi connectivity index (χ0v) is 10.9. The van der Waals surface area contributed by atoms with E-state index in [2.05, 4.69) is 29.6 Å². The summed E-state index contributed by atoms with van der Waals surface area (Å²) in [7, 11) is 3.77. The van der Waals surface area contributed by atoms with Gasteiger partial charge in [-0.05, 0) is 49.4 Å². The lowest BCUT2D eigenvalue weighted by molar-refractivity contribution is 0.410. The molecule has 17 heavy (non-hydrogen) atoms. The lowest BCUT2D eigenvalue weighted by atomic mass is 9.85. The summed E-state index contributed by atoms with van der Waals surface area (Å²) in [6, 6.07) is 8.60. The fourth-order valence-corrected chi connectivity index (χ4v) is 2.99. The molecule has 0 aromatic heterocycles. The molecule has 0 heterocycles. The van der Waals surface area contributed by atoms with Gasteiger partial charge in [0.15, 0.2) is 0 Å². The molecule has 2 nitrogen and oxygen atoms in total. The van der Waals surface area contributed by atoms with E-state index in [9.17, 15) is 0 Å². The highest BCUT2D eigenvalue weighted by Gasteiger charge is 2.25. The van der Waals surface area contributed by atoms with Gasteiger partial charge in [-0.2, -0.15) is 0 Å². The number of nitrogens with one attached hydrogen (secondary N) is 1. The van der Waals surface area contributed by atoms with Crippen LogP contribution in [0, 0.1) is 5.92 Å². The van der Waals surface area contributed by atoms with Gasteiger partial charge in [0.05, 0.1) is 7.11 Å². The van der Waals surface area contributed by atoms with Crippen molar-refractivity contribution in [2.75, 3.05) is 20.7 Å². The molecule has 1 fully saturated rings. The van der Waals surface area contributed by atoms with Crippen molar-refractivity contribution in [2.45, 2.75) is 31.6 Å². The van der Waals surface area contributed by atoms with Gasteiger partial charge < -0.3 is 10.1 Å². The highest BCUT2D eigenvalue weighted by atomic mass is 16.5. The molecule has 0 saturated heterocycles. The summed E-state index contributed by atoms with van der Waals surface area (Å²) in [5.74, 6) is 2.47. The first-order valence-electron chi connectivity index (χ1n) is 6.63. The van der Waals surface area contributed by atoms with Crippen LogP contribution in [0.15, 0.2) is 24.3 Å². The van der Waals surface area contributed by atoms with Crippen molar-refractivity contribution in [3.05, 3.63) is 29.8 Å². The van der Waals surface area contributed by atoms with Crippen LogP contribution < -0.4 is 10.1 Å². The number of ether oxygens (including phenoxy) is 1. The van der Waals surface area contributed by atoms with Crippen LogP contribution in [-0.2, 0) is 0 Å². The van der Waals surface area contributed by atoms with Crippen molar-refractivity contribution in [3.63, 3.8) is 0 Å². The third-order valence-corrected chi connectivity index (χ3v) is 3.94. The molecule has 0 bridgehead atoms. The van der Waals surface area contributed by atoms with Crippen molar-refractivity contribution in [1.29, 1.82) is 0 Å². The van der Waals surface area contributed by atoms with E-state index in [1.807, 2.05) is 7.05 Å². The predicted octanol–water partition coefficient (Wildman–Crippen LogP) is 3.19. The number of hydrogen-bond acceptors (Lipinski definition) is 2. The van der Waals surface area contributed by atoms with Crippen molar-refractivity contribution in [3.8, 4) is 5.75 Å². The molecule has 1 unspecified atom stereocenters. The largest absolute Gasteiger partial charge is 0.497 e. The van der Waals surface area contributed by atoms with Crippen molar-refractivity contribution in [1.82, 2.24) is 5.32 Å². The van der Waals surface area contributed by atoms with Crippen LogP contribution in [0.3, 0.4) is 0 Å². The first-order chi connectivity index (χ1) is 8.35. The van der Waals surface area contributed by atoms with E-state index in [0.717, 1.165) is 18.2 Å². The van der Waals surface area contributed by atoms with Gasteiger partial charge in [-0.1, -0.05) is 25.0 Å². The molecule has 94 valence electrons. The predicted molar refractivity (Wildman–Crippen MR) is 71.6 cm³/mol. The van der Waals surface area contributed by atoms with Crippen LogP contribution in [0.25, 0.3) is 0 Å². The van der Waals surface area contributed by atoms with E-state index in [-0.39, 0.29) is 0 Å². The van der Waals surface area contributed by atoms with Crippen LogP contribution in [0.2, 0.25) is 0 Å². The van der Waals surface area contributed by atoms with Crippen LogP contribution in [0.5, 0.6) is 5.75 Å². The van der Waals surface area contributed by atoms with Gasteiger partial charge in [-0.3, -0.25) is 0 Å². The van der Waals surface area contributed by atoms with E-state index >= 15 is 0 Å². The first kappa shape index (κ1) is 12.4. The second-order valence-corrected chi connectivity index (χ2v) is 4.98. The smallest absolute Gasteiger partial charge is 0.118 e. The average Bonchev–Trinajstić information content (AvgIpc) is 2.90. The van der Waals surface area contributed by atoms with Crippen LogP contribution >= 0.6 is 0 Å². The summed E-state index contributed by atoms with van der Waals surface area (Å²) >= 11 is 0. The maximum absolute atomic E-state index is 5.22. The van der Waals surface area contributed by atoms with Crippen molar-refractivity contribution >= 4 is 0 Å². The molecule has 1 atom stereocenters. The molecule has 1 aromatic rings. The Morgan fingerprint density at radius 1 is 1.24 bits per heavy atom. The summed E-state index contributed by atoms with van der Waals surface area (Å²) in [6.45, 7) is 1.08. The maximum Gasteiger partial charge on any atom is 0.118 e. The Labute approximate surface area is 104 Å². The summed E-state index contributed by atoms with van der Waals surface area (Å²) < 4.78 is 5.22. The Kier molecular flexibility index (Phi) is 4.43. The molecule has 1 saturated carbocycles. The monoisotopic (exact) mass is 233 g/mol. The Morgan fingerprint density at radius 2 is 1.88 bits per heavy atom. The lowest BCUT2D eigenvalue weighted by Gasteiger charge is -2.23. The van der Waals surface area contributed by atoms with Gasteiger partial charge >= 0.3 is 0 Å². The van der Waals surface area contributed by atoms with E-state index < -0.39 is 0 Å². The first-order valence-corrected chi connectivity index (χ1v) is 6.63. The molecule has 0 spiro atoms. The molecule has 2 heteroatoms. The third-order valence-electron chi connectivity index (χ3n) is 3.94. The maximum atomic E-state index is 5.22. The molecule has 2 rings (SSSR count). The minimum Gasteiger partial charge on any atom is -0.497 e. The number of methoxy groups -OCH3 is 1. The SMILES string of the molecule is CNCC(c1ccc(OC)cc1)C1CCCC1. The number of benzene rings is 1. The van der Waals surface area contributed by atoms with Gasteiger partial charge in [-0.15, -0.1) is 0 Å². The molecular weight excluding hydrogens is 210 g/mol. The molecule has 1 aliphatic rings. The Balaban J connectivity index is 2.12. The van der Waals surface area contributed by atoms with Crippen molar-refractivity contribution in [2.24, 2.45) is 5.92 Å². The second-order valence-electron chi connectivity index (χ2n) is 4.98. The highest BCUT2D eigenvalue weighted by Crippen LogP contribution is 2.37. The van der Waals surface area contributed by atoms with E-state index in [4.69, 9.17) is 4.74 Å². The lowest BCUT2D eigenvalue weighted by Crippen LogP contribution is -2.22. The van der Waals surface area contributed by atoms with E-state index in [0.29, 0.717) is 5.92 Å². The normalized spacial score (nSPS) is 18.2. The fraction of sp³-hybridized carbons (Fsp3) is 0.600. The van der Waals surface area contributed by atoms with Crippen molar-refractivity contribution < 1.29 is 4.74 Å². The fourth-order valence-electron chi connectivity index (χ4n) is 2.99. The van der Waals surface area contributed by atoms with Gasteiger partial charge in [-0.25, -0.2) is 0 Å². The average molecular weight is 233 g/mol. The summed E-state index contributed by atoms with van der Waals surface area (Å²) in [5.41, 5.74) is 1.45. The van der Waals surface area contributed by atoms with Gasteiger partial charge in [0.2, 0.25) is 0 Å². The van der Waals surface area contributed by atoms with Gasteiger partial charge in [0.1, 0.15) is 5.75 Å². The molecule has 0 radical (unpaired) electrons. The topological polar surface area (TPSA) is 21.3 Å². The van der Waals surface area contributed by atoms with Gasteiger partial charge in [0, 0.05) is 6.54 Å². The van der Waals surface area contributed by atoms with E-state index in [1.165, 1.54) is 31.2 Å². The molecular formula is C15H23NO. The Bertz CT molecular complexity index is 327. The minimum absolute atomic E-state index is 0.661. The molecule has 1 aromatic carbocycles. The van der Waals surface area contributed by atoms with Crippen LogP contribution in [-0.4, -0.2) is 20.7 Å². The zero-order chi connectivity index (χ0) is 12.1. The molecule has 0 aliphatic heterocycles. The third kappa shape index (κ3) is 3.01. The van der Waals surface area contributed by atoms with Crippen LogP contribution in [0.1, 0.15) is 37.2 Å². The highest BCUT2D eigenvalue weighted by molar-refractivity contribution is 5.30. The zero-order valence-electron chi connectivity index (χ0n) is 10.9. The van der Waals surface area contributed by atoms with Gasteiger partial charge in [0.25, 0.3) is 0 Å². The van der Waals surface area contributed by atoms with E-state index in [1.54, 1.807) is 7.11 Å². The Morgan fingerprint density at radius 3 is 2.41 bits per heavy atom. The summed E-state index contributed by atoms with van der Waals surface area (Å²) in [5, 5.41) is 3.34. The molecule has 1 aliphatic carbocycles. The number of likely N-dealkylation sites (N-methyl/N-ethyl adjacent to an activating group) is 1.